The predicted molar refractivity (Wildman–Crippen MR) is 80.3 cm³/mol. The van der Waals surface area contributed by atoms with E-state index in [9.17, 15) is 29.5 Å². The van der Waals surface area contributed by atoms with Crippen molar-refractivity contribution in [1.29, 1.82) is 0 Å². The van der Waals surface area contributed by atoms with E-state index in [1.165, 1.54) is 25.3 Å². The normalized spacial score (nSPS) is 14.6. The van der Waals surface area contributed by atoms with Crippen LogP contribution in [0.5, 0.6) is 5.75 Å². The van der Waals surface area contributed by atoms with Gasteiger partial charge in [0.05, 0.1) is 12.0 Å². The molecule has 0 aromatic heterocycles. The molecule has 0 fully saturated rings. The van der Waals surface area contributed by atoms with Crippen LogP contribution in [0.1, 0.15) is 11.1 Å². The van der Waals surface area contributed by atoms with Crippen LogP contribution in [0, 0.1) is 10.1 Å². The molecule has 24 heavy (non-hydrogen) atoms. The molecule has 0 heterocycles. The Balaban J connectivity index is 2.29. The molecule has 0 unspecified atom stereocenters. The van der Waals surface area contributed by atoms with Crippen molar-refractivity contribution in [2.24, 2.45) is 0 Å². The molecule has 0 N–H and O–H groups in total. The van der Waals surface area contributed by atoms with Crippen LogP contribution in [0.2, 0.25) is 0 Å². The van der Waals surface area contributed by atoms with Gasteiger partial charge in [-0.15, -0.1) is 0 Å². The predicted octanol–water partition coefficient (Wildman–Crippen LogP) is 5.85. The Labute approximate surface area is 133 Å². The first-order chi connectivity index (χ1) is 10.8. The fraction of sp³-hybridized carbons (Fsp3) is 0.143. The lowest BCUT2D eigenvalue weighted by molar-refractivity contribution is -0.385. The van der Waals surface area contributed by atoms with Gasteiger partial charge in [0.25, 0.3) is 0 Å². The summed E-state index contributed by atoms with van der Waals surface area (Å²) >= 11 is 0. The van der Waals surface area contributed by atoms with Gasteiger partial charge in [-0.25, -0.2) is 0 Å². The van der Waals surface area contributed by atoms with Crippen molar-refractivity contribution < 1.29 is 29.1 Å². The third-order valence-electron chi connectivity index (χ3n) is 3.22. The Kier molecular flexibility index (Phi) is 3.80. The summed E-state index contributed by atoms with van der Waals surface area (Å²) in [5, 5.41) is 10.8. The molecule has 2 aromatic carbocycles. The Bertz CT molecular complexity index is 791. The maximum absolute atomic E-state index is 12.6. The van der Waals surface area contributed by atoms with Crippen LogP contribution >= 0.6 is 10.2 Å². The highest BCUT2D eigenvalue weighted by atomic mass is 32.5. The number of halogens is 5. The van der Waals surface area contributed by atoms with Crippen LogP contribution in [-0.2, 0) is 6.42 Å². The molecule has 2 rings (SSSR count). The summed E-state index contributed by atoms with van der Waals surface area (Å²) in [5.41, 5.74) is 0.617. The molecule has 0 amide bonds. The minimum atomic E-state index is -9.68. The van der Waals surface area contributed by atoms with Crippen molar-refractivity contribution in [2.45, 2.75) is 11.3 Å². The van der Waals surface area contributed by atoms with E-state index in [1.54, 1.807) is 0 Å². The van der Waals surface area contributed by atoms with Gasteiger partial charge >= 0.3 is 15.9 Å². The molecule has 4 nitrogen and oxygen atoms in total. The van der Waals surface area contributed by atoms with Crippen molar-refractivity contribution >= 4 is 15.9 Å². The lowest BCUT2D eigenvalue weighted by atomic mass is 10.0. The third kappa shape index (κ3) is 4.13. The molecule has 0 radical (unpaired) electrons. The molecule has 0 aliphatic carbocycles. The van der Waals surface area contributed by atoms with E-state index in [0.29, 0.717) is 23.3 Å². The number of nitro groups is 1. The van der Waals surface area contributed by atoms with E-state index in [0.717, 1.165) is 12.1 Å². The first-order valence-electron chi connectivity index (χ1n) is 6.44. The van der Waals surface area contributed by atoms with Crippen LogP contribution in [0.4, 0.5) is 25.1 Å². The van der Waals surface area contributed by atoms with Gasteiger partial charge in [-0.05, 0) is 35.7 Å². The summed E-state index contributed by atoms with van der Waals surface area (Å²) in [6.45, 7) is 0. The zero-order valence-corrected chi connectivity index (χ0v) is 13.0. The third-order valence-corrected chi connectivity index (χ3v) is 4.38. The number of nitro benzene ring substituents is 1. The summed E-state index contributed by atoms with van der Waals surface area (Å²) in [6, 6.07) is 6.55. The highest BCUT2D eigenvalue weighted by Crippen LogP contribution is 3.02. The number of nitrogens with zero attached hydrogens (tertiary/aromatic N) is 1. The second kappa shape index (κ2) is 5.07. The van der Waals surface area contributed by atoms with Crippen LogP contribution in [0.15, 0.2) is 47.4 Å². The Morgan fingerprint density at radius 3 is 2.00 bits per heavy atom. The van der Waals surface area contributed by atoms with Gasteiger partial charge in [-0.3, -0.25) is 10.1 Å². The topological polar surface area (TPSA) is 52.4 Å². The quantitative estimate of drug-likeness (QED) is 0.377. The zero-order chi connectivity index (χ0) is 18.2. The minimum absolute atomic E-state index is 0.00105. The molecule has 10 heteroatoms. The van der Waals surface area contributed by atoms with E-state index < -0.39 is 20.0 Å². The highest BCUT2D eigenvalue weighted by Gasteiger charge is 2.65. The lowest BCUT2D eigenvalue weighted by Crippen LogP contribution is -2.05. The van der Waals surface area contributed by atoms with E-state index in [-0.39, 0.29) is 17.9 Å². The Morgan fingerprint density at radius 1 is 1.00 bits per heavy atom. The molecular formula is C14H12F5NO3S. The van der Waals surface area contributed by atoms with Crippen LogP contribution in [-0.4, -0.2) is 12.0 Å². The average Bonchev–Trinajstić information content (AvgIpc) is 2.45. The molecule has 0 saturated heterocycles. The highest BCUT2D eigenvalue weighted by molar-refractivity contribution is 8.45. The second-order valence-corrected chi connectivity index (χ2v) is 7.46. The smallest absolute Gasteiger partial charge is 0.310 e. The molecule has 0 saturated carbocycles. The largest absolute Gasteiger partial charge is 0.490 e. The van der Waals surface area contributed by atoms with Gasteiger partial charge in [-0.2, -0.15) is 0 Å². The van der Waals surface area contributed by atoms with Crippen molar-refractivity contribution in [3.8, 4) is 5.75 Å². The SMILES string of the molecule is COc1cc(Cc2ccc(S(F)(F)(F)(F)F)cc2)ccc1[N+](=O)[O-]. The van der Waals surface area contributed by atoms with Gasteiger partial charge in [0.2, 0.25) is 0 Å². The molecule has 0 bridgehead atoms. The number of rotatable bonds is 5. The molecular weight excluding hydrogens is 357 g/mol. The summed E-state index contributed by atoms with van der Waals surface area (Å²) in [5.74, 6) is 0.00105. The average molecular weight is 369 g/mol. The number of hydrogen-bond donors (Lipinski definition) is 0. The fourth-order valence-electron chi connectivity index (χ4n) is 2.08. The second-order valence-electron chi connectivity index (χ2n) is 5.05. The number of ether oxygens (including phenoxy) is 1. The van der Waals surface area contributed by atoms with E-state index in [4.69, 9.17) is 4.74 Å². The standard InChI is InChI=1S/C14H12F5NO3S/c1-23-14-9-11(4-7-13(14)20(21)22)8-10-2-5-12(6-3-10)24(15,16,17,18)19/h2-7,9H,8H2,1H3. The van der Waals surface area contributed by atoms with Gasteiger partial charge in [-0.1, -0.05) is 37.6 Å². The number of methoxy groups -OCH3 is 1. The fourth-order valence-corrected chi connectivity index (χ4v) is 2.73. The first-order valence-corrected chi connectivity index (χ1v) is 8.39. The van der Waals surface area contributed by atoms with Gasteiger partial charge < -0.3 is 4.74 Å². The molecule has 0 spiro atoms. The summed E-state index contributed by atoms with van der Waals surface area (Å²) in [6.07, 6.45) is 0.106. The van der Waals surface area contributed by atoms with Crippen molar-refractivity contribution in [3.05, 3.63) is 63.7 Å². The van der Waals surface area contributed by atoms with Gasteiger partial charge in [0, 0.05) is 6.07 Å². The monoisotopic (exact) mass is 369 g/mol. The molecule has 0 aliphatic heterocycles. The number of hydrogen-bond acceptors (Lipinski definition) is 3. The van der Waals surface area contributed by atoms with E-state index in [1.807, 2.05) is 0 Å². The van der Waals surface area contributed by atoms with Crippen molar-refractivity contribution in [3.63, 3.8) is 0 Å². The minimum Gasteiger partial charge on any atom is -0.490 e. The van der Waals surface area contributed by atoms with Crippen molar-refractivity contribution in [1.82, 2.24) is 0 Å². The number of benzene rings is 2. The van der Waals surface area contributed by atoms with Crippen molar-refractivity contribution in [2.75, 3.05) is 7.11 Å². The van der Waals surface area contributed by atoms with Crippen LogP contribution < -0.4 is 4.74 Å². The summed E-state index contributed by atoms with van der Waals surface area (Å²) < 4.78 is 68.1. The summed E-state index contributed by atoms with van der Waals surface area (Å²) in [4.78, 5) is 8.20. The maximum atomic E-state index is 12.6. The van der Waals surface area contributed by atoms with Crippen LogP contribution in [0.25, 0.3) is 0 Å². The van der Waals surface area contributed by atoms with Gasteiger partial charge in [0.15, 0.2) is 5.75 Å². The maximum Gasteiger partial charge on any atom is 0.310 e. The van der Waals surface area contributed by atoms with E-state index >= 15 is 0 Å². The molecule has 132 valence electrons. The Hall–Kier alpha value is -2.36. The Morgan fingerprint density at radius 2 is 1.54 bits per heavy atom. The molecule has 0 aliphatic rings. The first kappa shape index (κ1) is 18.0. The zero-order valence-electron chi connectivity index (χ0n) is 12.2. The molecule has 2 aromatic rings. The van der Waals surface area contributed by atoms with Crippen LogP contribution in [0.3, 0.4) is 0 Å². The lowest BCUT2D eigenvalue weighted by Gasteiger charge is -2.40. The van der Waals surface area contributed by atoms with Gasteiger partial charge in [0.1, 0.15) is 4.90 Å². The van der Waals surface area contributed by atoms with E-state index in [2.05, 4.69) is 0 Å². The summed E-state index contributed by atoms with van der Waals surface area (Å²) in [7, 11) is -8.44. The molecule has 0 atom stereocenters.